The molecule has 1 N–H and O–H groups in total. The fourth-order valence-corrected chi connectivity index (χ4v) is 4.18. The first-order chi connectivity index (χ1) is 16.1. The van der Waals surface area contributed by atoms with Crippen LogP contribution in [0, 0.1) is 5.92 Å². The van der Waals surface area contributed by atoms with Crippen LogP contribution < -0.4 is 4.74 Å². The molecule has 4 rings (SSSR count). The Labute approximate surface area is 193 Å². The zero-order valence-electron chi connectivity index (χ0n) is 19.0. The van der Waals surface area contributed by atoms with Gasteiger partial charge in [0.15, 0.2) is 0 Å². The number of methoxy groups -OCH3 is 1. The quantitative estimate of drug-likeness (QED) is 0.285. The number of fused-ring (bicyclic) bond motifs is 1. The van der Waals surface area contributed by atoms with Crippen molar-refractivity contribution in [2.45, 2.75) is 39.0 Å². The summed E-state index contributed by atoms with van der Waals surface area (Å²) in [4.78, 5) is 19.9. The van der Waals surface area contributed by atoms with Gasteiger partial charge in [-0.3, -0.25) is 4.79 Å². The lowest BCUT2D eigenvalue weighted by Crippen LogP contribution is -2.04. The number of nitrogens with zero attached hydrogens (tertiary/aromatic N) is 2. The minimum absolute atomic E-state index is 0.217. The summed E-state index contributed by atoms with van der Waals surface area (Å²) in [6.07, 6.45) is 5.07. The van der Waals surface area contributed by atoms with E-state index in [1.54, 1.807) is 13.4 Å². The average Bonchev–Trinajstić information content (AvgIpc) is 3.23. The van der Waals surface area contributed by atoms with Gasteiger partial charge in [0.1, 0.15) is 17.8 Å². The Morgan fingerprint density at radius 2 is 1.79 bits per heavy atom. The second-order valence-corrected chi connectivity index (χ2v) is 8.35. The van der Waals surface area contributed by atoms with Gasteiger partial charge < -0.3 is 14.3 Å². The minimum Gasteiger partial charge on any atom is -0.497 e. The van der Waals surface area contributed by atoms with Gasteiger partial charge in [-0.1, -0.05) is 62.2 Å². The lowest BCUT2D eigenvalue weighted by atomic mass is 9.93. The molecule has 1 atom stereocenters. The minimum atomic E-state index is -0.740. The standard InChI is InChI=1S/C27H28N2O4/c1-18(8-6-7-11-23(30)31)16-22-25-24(19-12-14-21(32-2)15-13-19)26(20-9-4-3-5-10-20)33-27(25)29-17-28-22/h3-5,9-10,12-15,17-18H,6-8,11,16H2,1-2H3,(H,30,31)/t18-/m1/s1. The molecule has 0 saturated heterocycles. The maximum absolute atomic E-state index is 10.8. The van der Waals surface area contributed by atoms with Crippen LogP contribution in [0.25, 0.3) is 33.6 Å². The fraction of sp³-hybridized carbons (Fsp3) is 0.296. The fourth-order valence-electron chi connectivity index (χ4n) is 4.18. The molecule has 0 fully saturated rings. The first-order valence-corrected chi connectivity index (χ1v) is 11.2. The Balaban J connectivity index is 1.74. The van der Waals surface area contributed by atoms with Crippen molar-refractivity contribution in [3.05, 3.63) is 66.6 Å². The van der Waals surface area contributed by atoms with Gasteiger partial charge in [0.05, 0.1) is 18.2 Å². The van der Waals surface area contributed by atoms with Gasteiger partial charge in [0.25, 0.3) is 0 Å². The van der Waals surface area contributed by atoms with E-state index in [4.69, 9.17) is 14.3 Å². The van der Waals surface area contributed by atoms with E-state index in [-0.39, 0.29) is 6.42 Å². The first-order valence-electron chi connectivity index (χ1n) is 11.2. The maximum atomic E-state index is 10.8. The molecule has 170 valence electrons. The van der Waals surface area contributed by atoms with Crippen LogP contribution in [0.3, 0.4) is 0 Å². The zero-order valence-corrected chi connectivity index (χ0v) is 19.0. The van der Waals surface area contributed by atoms with E-state index in [1.165, 1.54) is 0 Å². The molecule has 0 aliphatic carbocycles. The van der Waals surface area contributed by atoms with Gasteiger partial charge in [-0.2, -0.15) is 0 Å². The van der Waals surface area contributed by atoms with Crippen LogP contribution >= 0.6 is 0 Å². The highest BCUT2D eigenvalue weighted by atomic mass is 16.5. The molecule has 0 aliphatic heterocycles. The van der Waals surface area contributed by atoms with Crippen molar-refractivity contribution in [2.24, 2.45) is 5.92 Å². The number of aliphatic carboxylic acids is 1. The highest BCUT2D eigenvalue weighted by molar-refractivity contribution is 6.01. The Bertz CT molecular complexity index is 1220. The number of carboxylic acids is 1. The summed E-state index contributed by atoms with van der Waals surface area (Å²) in [5, 5.41) is 9.79. The van der Waals surface area contributed by atoms with Crippen LogP contribution in [-0.4, -0.2) is 28.2 Å². The molecule has 0 amide bonds. The number of hydrogen-bond donors (Lipinski definition) is 1. The Hall–Kier alpha value is -3.67. The normalized spacial score (nSPS) is 12.1. The van der Waals surface area contributed by atoms with Crippen LogP contribution in [0.4, 0.5) is 0 Å². The van der Waals surface area contributed by atoms with Gasteiger partial charge >= 0.3 is 5.97 Å². The molecule has 2 aromatic heterocycles. The summed E-state index contributed by atoms with van der Waals surface area (Å²) in [6, 6.07) is 18.0. The van der Waals surface area contributed by atoms with E-state index in [9.17, 15) is 4.79 Å². The number of benzene rings is 2. The Morgan fingerprint density at radius 1 is 1.03 bits per heavy atom. The molecule has 4 aromatic rings. The lowest BCUT2D eigenvalue weighted by Gasteiger charge is -2.12. The molecule has 0 bridgehead atoms. The highest BCUT2D eigenvalue weighted by Gasteiger charge is 2.22. The van der Waals surface area contributed by atoms with E-state index in [0.717, 1.165) is 58.5 Å². The molecule has 0 unspecified atom stereocenters. The summed E-state index contributed by atoms with van der Waals surface area (Å²) in [5.41, 5.74) is 4.49. The van der Waals surface area contributed by atoms with Gasteiger partial charge in [0.2, 0.25) is 5.71 Å². The molecular weight excluding hydrogens is 416 g/mol. The lowest BCUT2D eigenvalue weighted by molar-refractivity contribution is -0.137. The molecule has 2 aromatic carbocycles. The largest absolute Gasteiger partial charge is 0.497 e. The second kappa shape index (κ2) is 10.3. The Kier molecular flexibility index (Phi) is 7.03. The molecule has 0 aliphatic rings. The number of aromatic nitrogens is 2. The maximum Gasteiger partial charge on any atom is 0.303 e. The summed E-state index contributed by atoms with van der Waals surface area (Å²) in [6.45, 7) is 2.18. The van der Waals surface area contributed by atoms with Gasteiger partial charge in [0, 0.05) is 17.5 Å². The van der Waals surface area contributed by atoms with Crippen LogP contribution in [0.5, 0.6) is 5.75 Å². The van der Waals surface area contributed by atoms with Gasteiger partial charge in [-0.15, -0.1) is 0 Å². The van der Waals surface area contributed by atoms with Crippen molar-refractivity contribution < 1.29 is 19.1 Å². The van der Waals surface area contributed by atoms with E-state index >= 15 is 0 Å². The zero-order chi connectivity index (χ0) is 23.2. The number of rotatable bonds is 10. The van der Waals surface area contributed by atoms with Crippen molar-refractivity contribution in [3.8, 4) is 28.2 Å². The van der Waals surface area contributed by atoms with Crippen LogP contribution in [0.1, 0.15) is 38.3 Å². The third kappa shape index (κ3) is 5.22. The van der Waals surface area contributed by atoms with E-state index in [0.29, 0.717) is 18.1 Å². The third-order valence-electron chi connectivity index (χ3n) is 5.86. The second-order valence-electron chi connectivity index (χ2n) is 8.35. The van der Waals surface area contributed by atoms with Crippen molar-refractivity contribution in [1.82, 2.24) is 9.97 Å². The molecule has 0 radical (unpaired) electrons. The predicted octanol–water partition coefficient (Wildman–Crippen LogP) is 6.39. The van der Waals surface area contributed by atoms with Crippen LogP contribution in [0.2, 0.25) is 0 Å². The highest BCUT2D eigenvalue weighted by Crippen LogP contribution is 2.42. The number of furan rings is 1. The van der Waals surface area contributed by atoms with Crippen LogP contribution in [0.15, 0.2) is 65.3 Å². The molecule has 6 heteroatoms. The molecule has 6 nitrogen and oxygen atoms in total. The van der Waals surface area contributed by atoms with Crippen molar-refractivity contribution >= 4 is 17.1 Å². The topological polar surface area (TPSA) is 85.5 Å². The molecular formula is C27H28N2O4. The summed E-state index contributed by atoms with van der Waals surface area (Å²) in [5.74, 6) is 1.18. The van der Waals surface area contributed by atoms with E-state index < -0.39 is 5.97 Å². The summed E-state index contributed by atoms with van der Waals surface area (Å²) >= 11 is 0. The molecule has 0 spiro atoms. The summed E-state index contributed by atoms with van der Waals surface area (Å²) in [7, 11) is 1.65. The average molecular weight is 445 g/mol. The SMILES string of the molecule is COc1ccc(-c2c(-c3ccccc3)oc3ncnc(C[C@H](C)CCCCC(=O)O)c23)cc1. The van der Waals surface area contributed by atoms with E-state index in [2.05, 4.69) is 16.9 Å². The number of carboxylic acid groups (broad SMARTS) is 1. The number of hydrogen-bond acceptors (Lipinski definition) is 5. The Morgan fingerprint density at radius 3 is 2.48 bits per heavy atom. The first kappa shape index (κ1) is 22.5. The molecule has 0 saturated carbocycles. The van der Waals surface area contributed by atoms with Gasteiger partial charge in [-0.05, 0) is 36.5 Å². The van der Waals surface area contributed by atoms with Crippen molar-refractivity contribution in [2.75, 3.05) is 7.11 Å². The van der Waals surface area contributed by atoms with Crippen molar-refractivity contribution in [3.63, 3.8) is 0 Å². The van der Waals surface area contributed by atoms with Crippen LogP contribution in [-0.2, 0) is 11.2 Å². The third-order valence-corrected chi connectivity index (χ3v) is 5.86. The smallest absolute Gasteiger partial charge is 0.303 e. The monoisotopic (exact) mass is 444 g/mol. The predicted molar refractivity (Wildman–Crippen MR) is 128 cm³/mol. The van der Waals surface area contributed by atoms with Gasteiger partial charge in [-0.25, -0.2) is 9.97 Å². The molecule has 33 heavy (non-hydrogen) atoms. The number of ether oxygens (including phenoxy) is 1. The van der Waals surface area contributed by atoms with Crippen molar-refractivity contribution in [1.29, 1.82) is 0 Å². The number of carbonyl (C=O) groups is 1. The summed E-state index contributed by atoms with van der Waals surface area (Å²) < 4.78 is 11.6. The van der Waals surface area contributed by atoms with E-state index in [1.807, 2.05) is 54.6 Å². The molecule has 2 heterocycles. The number of unbranched alkanes of at least 4 members (excludes halogenated alkanes) is 1.